The van der Waals surface area contributed by atoms with Gasteiger partial charge in [0.05, 0.1) is 19.8 Å². The summed E-state index contributed by atoms with van der Waals surface area (Å²) in [5.41, 5.74) is 6.57. The van der Waals surface area contributed by atoms with Crippen molar-refractivity contribution in [2.45, 2.75) is 6.04 Å². The van der Waals surface area contributed by atoms with E-state index < -0.39 is 0 Å². The van der Waals surface area contributed by atoms with Crippen molar-refractivity contribution in [1.82, 2.24) is 0 Å². The molecule has 0 fully saturated rings. The number of halogens is 1. The molecule has 1 aromatic rings. The molecule has 0 bridgehead atoms. The molecule has 0 aliphatic rings. The van der Waals surface area contributed by atoms with Gasteiger partial charge in [0.1, 0.15) is 0 Å². The number of hydrogen-bond donors (Lipinski definition) is 1. The standard InChI is InChI=1S/C10H14FNO2/c1-13-6-9(12)7-3-4-8(11)10(5-7)14-2/h3-5,9H,6,12H2,1-2H3/t9-/m0/s1. The zero-order chi connectivity index (χ0) is 10.6. The monoisotopic (exact) mass is 199 g/mol. The summed E-state index contributed by atoms with van der Waals surface area (Å²) in [4.78, 5) is 0. The van der Waals surface area contributed by atoms with E-state index in [2.05, 4.69) is 0 Å². The predicted molar refractivity (Wildman–Crippen MR) is 51.8 cm³/mol. The van der Waals surface area contributed by atoms with Crippen LogP contribution in [0.15, 0.2) is 18.2 Å². The van der Waals surface area contributed by atoms with E-state index in [1.54, 1.807) is 19.2 Å². The number of nitrogens with two attached hydrogens (primary N) is 1. The first-order valence-corrected chi connectivity index (χ1v) is 4.27. The van der Waals surface area contributed by atoms with Crippen molar-refractivity contribution in [3.8, 4) is 5.75 Å². The number of hydrogen-bond acceptors (Lipinski definition) is 3. The lowest BCUT2D eigenvalue weighted by Gasteiger charge is -2.12. The molecule has 1 atom stereocenters. The van der Waals surface area contributed by atoms with Crippen LogP contribution in [0.3, 0.4) is 0 Å². The maximum absolute atomic E-state index is 13.0. The SMILES string of the molecule is COC[C@H](N)c1ccc(F)c(OC)c1. The molecule has 0 heterocycles. The van der Waals surface area contributed by atoms with Gasteiger partial charge in [0.15, 0.2) is 11.6 Å². The maximum atomic E-state index is 13.0. The van der Waals surface area contributed by atoms with Crippen molar-refractivity contribution in [3.63, 3.8) is 0 Å². The van der Waals surface area contributed by atoms with Gasteiger partial charge in [-0.2, -0.15) is 0 Å². The van der Waals surface area contributed by atoms with Crippen molar-refractivity contribution in [1.29, 1.82) is 0 Å². The van der Waals surface area contributed by atoms with Crippen molar-refractivity contribution >= 4 is 0 Å². The molecule has 1 aromatic carbocycles. The topological polar surface area (TPSA) is 44.5 Å². The van der Waals surface area contributed by atoms with Gasteiger partial charge in [-0.1, -0.05) is 6.07 Å². The molecule has 14 heavy (non-hydrogen) atoms. The summed E-state index contributed by atoms with van der Waals surface area (Å²) in [6.07, 6.45) is 0. The molecule has 0 spiro atoms. The summed E-state index contributed by atoms with van der Waals surface area (Å²) in [5.74, 6) is -0.185. The Labute approximate surface area is 82.6 Å². The normalized spacial score (nSPS) is 12.6. The van der Waals surface area contributed by atoms with E-state index in [4.69, 9.17) is 15.2 Å². The van der Waals surface area contributed by atoms with E-state index >= 15 is 0 Å². The smallest absolute Gasteiger partial charge is 0.165 e. The predicted octanol–water partition coefficient (Wildman–Crippen LogP) is 1.48. The molecular weight excluding hydrogens is 185 g/mol. The molecular formula is C10H14FNO2. The quantitative estimate of drug-likeness (QED) is 0.798. The molecule has 0 saturated heterocycles. The van der Waals surface area contributed by atoms with Crippen LogP contribution in [0.25, 0.3) is 0 Å². The van der Waals surface area contributed by atoms with Crippen molar-refractivity contribution in [2.24, 2.45) is 5.73 Å². The summed E-state index contributed by atoms with van der Waals surface area (Å²) >= 11 is 0. The van der Waals surface area contributed by atoms with Crippen LogP contribution in [-0.4, -0.2) is 20.8 Å². The van der Waals surface area contributed by atoms with Crippen molar-refractivity contribution < 1.29 is 13.9 Å². The van der Waals surface area contributed by atoms with E-state index in [-0.39, 0.29) is 17.6 Å². The highest BCUT2D eigenvalue weighted by atomic mass is 19.1. The number of methoxy groups -OCH3 is 2. The Morgan fingerprint density at radius 1 is 1.43 bits per heavy atom. The summed E-state index contributed by atoms with van der Waals surface area (Å²) < 4.78 is 22.8. The second-order valence-corrected chi connectivity index (χ2v) is 2.96. The van der Waals surface area contributed by atoms with E-state index in [1.165, 1.54) is 13.2 Å². The molecule has 4 heteroatoms. The summed E-state index contributed by atoms with van der Waals surface area (Å²) in [6, 6.07) is 4.29. The first-order valence-electron chi connectivity index (χ1n) is 4.27. The number of ether oxygens (including phenoxy) is 2. The van der Waals surface area contributed by atoms with Gasteiger partial charge in [-0.3, -0.25) is 0 Å². The average Bonchev–Trinajstić information content (AvgIpc) is 2.19. The minimum Gasteiger partial charge on any atom is -0.494 e. The third-order valence-corrected chi connectivity index (χ3v) is 1.95. The van der Waals surface area contributed by atoms with Gasteiger partial charge in [-0.25, -0.2) is 4.39 Å². The second-order valence-electron chi connectivity index (χ2n) is 2.96. The molecule has 0 aliphatic heterocycles. The van der Waals surface area contributed by atoms with Gasteiger partial charge in [0.2, 0.25) is 0 Å². The van der Waals surface area contributed by atoms with E-state index in [0.29, 0.717) is 6.61 Å². The van der Waals surface area contributed by atoms with Crippen LogP contribution in [0.2, 0.25) is 0 Å². The summed E-state index contributed by atoms with van der Waals surface area (Å²) in [7, 11) is 2.99. The lowest BCUT2D eigenvalue weighted by atomic mass is 10.1. The first-order chi connectivity index (χ1) is 6.69. The summed E-state index contributed by atoms with van der Waals surface area (Å²) in [6.45, 7) is 0.398. The minimum absolute atomic E-state index is 0.203. The highest BCUT2D eigenvalue weighted by Gasteiger charge is 2.09. The van der Waals surface area contributed by atoms with Gasteiger partial charge in [-0.15, -0.1) is 0 Å². The van der Waals surface area contributed by atoms with Gasteiger partial charge in [-0.05, 0) is 17.7 Å². The van der Waals surface area contributed by atoms with Crippen LogP contribution in [-0.2, 0) is 4.74 Å². The summed E-state index contributed by atoms with van der Waals surface area (Å²) in [5, 5.41) is 0. The van der Waals surface area contributed by atoms with Crippen LogP contribution >= 0.6 is 0 Å². The molecule has 1 rings (SSSR count). The Kier molecular flexibility index (Phi) is 3.85. The third kappa shape index (κ3) is 2.43. The van der Waals surface area contributed by atoms with Crippen LogP contribution in [0.4, 0.5) is 4.39 Å². The van der Waals surface area contributed by atoms with Gasteiger partial charge in [0.25, 0.3) is 0 Å². The van der Waals surface area contributed by atoms with E-state index in [0.717, 1.165) is 5.56 Å². The largest absolute Gasteiger partial charge is 0.494 e. The van der Waals surface area contributed by atoms with Gasteiger partial charge < -0.3 is 15.2 Å². The second kappa shape index (κ2) is 4.93. The number of rotatable bonds is 4. The molecule has 0 amide bonds. The molecule has 0 saturated carbocycles. The Morgan fingerprint density at radius 3 is 2.71 bits per heavy atom. The zero-order valence-electron chi connectivity index (χ0n) is 8.29. The lowest BCUT2D eigenvalue weighted by molar-refractivity contribution is 0.181. The van der Waals surface area contributed by atoms with E-state index in [1.807, 2.05) is 0 Å². The maximum Gasteiger partial charge on any atom is 0.165 e. The van der Waals surface area contributed by atoms with Gasteiger partial charge >= 0.3 is 0 Å². The lowest BCUT2D eigenvalue weighted by Crippen LogP contribution is -2.16. The van der Waals surface area contributed by atoms with Crippen LogP contribution < -0.4 is 10.5 Å². The van der Waals surface area contributed by atoms with Crippen LogP contribution in [0, 0.1) is 5.82 Å². The fourth-order valence-corrected chi connectivity index (χ4v) is 1.18. The van der Waals surface area contributed by atoms with Crippen molar-refractivity contribution in [3.05, 3.63) is 29.6 Å². The molecule has 3 nitrogen and oxygen atoms in total. The average molecular weight is 199 g/mol. The molecule has 2 N–H and O–H groups in total. The molecule has 0 aliphatic carbocycles. The first kappa shape index (κ1) is 10.9. The molecule has 0 radical (unpaired) electrons. The highest BCUT2D eigenvalue weighted by Crippen LogP contribution is 2.21. The molecule has 78 valence electrons. The van der Waals surface area contributed by atoms with Crippen molar-refractivity contribution in [2.75, 3.05) is 20.8 Å². The Hall–Kier alpha value is -1.13. The Morgan fingerprint density at radius 2 is 2.14 bits per heavy atom. The fourth-order valence-electron chi connectivity index (χ4n) is 1.18. The van der Waals surface area contributed by atoms with E-state index in [9.17, 15) is 4.39 Å². The Balaban J connectivity index is 2.88. The van der Waals surface area contributed by atoms with Crippen LogP contribution in [0.1, 0.15) is 11.6 Å². The van der Waals surface area contributed by atoms with Gasteiger partial charge in [0, 0.05) is 7.11 Å². The van der Waals surface area contributed by atoms with Crippen LogP contribution in [0.5, 0.6) is 5.75 Å². The minimum atomic E-state index is -0.388. The molecule has 0 unspecified atom stereocenters. The number of benzene rings is 1. The zero-order valence-corrected chi connectivity index (χ0v) is 8.29. The third-order valence-electron chi connectivity index (χ3n) is 1.95. The molecule has 0 aromatic heterocycles. The fraction of sp³-hybridized carbons (Fsp3) is 0.400. The highest BCUT2D eigenvalue weighted by molar-refractivity contribution is 5.32. The Bertz CT molecular complexity index is 304.